The van der Waals surface area contributed by atoms with Crippen molar-refractivity contribution in [2.45, 2.75) is 46.1 Å². The summed E-state index contributed by atoms with van der Waals surface area (Å²) >= 11 is 0. The molecule has 0 bridgehead atoms. The summed E-state index contributed by atoms with van der Waals surface area (Å²) in [5, 5.41) is 3.61. The summed E-state index contributed by atoms with van der Waals surface area (Å²) in [4.78, 5) is 5.40. The lowest BCUT2D eigenvalue weighted by Crippen LogP contribution is -2.54. The first kappa shape index (κ1) is 15.3. The average Bonchev–Trinajstić information content (AvgIpc) is 3.20. The van der Waals surface area contributed by atoms with Gasteiger partial charge in [-0.15, -0.1) is 0 Å². The van der Waals surface area contributed by atoms with Crippen LogP contribution in [0.4, 0.5) is 0 Å². The van der Waals surface area contributed by atoms with Crippen LogP contribution in [-0.4, -0.2) is 61.7 Å². The Morgan fingerprint density at radius 2 is 1.79 bits per heavy atom. The van der Waals surface area contributed by atoms with Crippen LogP contribution < -0.4 is 5.32 Å². The lowest BCUT2D eigenvalue weighted by atomic mass is 10.0. The summed E-state index contributed by atoms with van der Waals surface area (Å²) < 4.78 is 0. The van der Waals surface area contributed by atoms with Crippen LogP contribution in [-0.2, 0) is 0 Å². The van der Waals surface area contributed by atoms with E-state index in [1.54, 1.807) is 0 Å². The topological polar surface area (TPSA) is 18.5 Å². The number of hydrogen-bond acceptors (Lipinski definition) is 3. The van der Waals surface area contributed by atoms with Gasteiger partial charge in [0.15, 0.2) is 0 Å². The molecule has 1 unspecified atom stereocenters. The van der Waals surface area contributed by atoms with Gasteiger partial charge in [0.25, 0.3) is 0 Å². The predicted molar refractivity (Wildman–Crippen MR) is 82.5 cm³/mol. The second-order valence-corrected chi connectivity index (χ2v) is 6.80. The number of nitrogens with one attached hydrogen (secondary N) is 1. The maximum absolute atomic E-state index is 3.61. The van der Waals surface area contributed by atoms with Gasteiger partial charge in [-0.1, -0.05) is 20.8 Å². The smallest absolute Gasteiger partial charge is 0.0244 e. The molecule has 0 aromatic carbocycles. The molecule has 3 nitrogen and oxygen atoms in total. The molecule has 0 radical (unpaired) electrons. The van der Waals surface area contributed by atoms with E-state index in [4.69, 9.17) is 0 Å². The van der Waals surface area contributed by atoms with E-state index in [1.165, 1.54) is 52.0 Å². The van der Waals surface area contributed by atoms with Gasteiger partial charge in [-0.3, -0.25) is 4.90 Å². The Kier molecular flexibility index (Phi) is 6.11. The van der Waals surface area contributed by atoms with Crippen LogP contribution in [0.25, 0.3) is 0 Å². The van der Waals surface area contributed by atoms with Crippen molar-refractivity contribution in [3.05, 3.63) is 0 Å². The monoisotopic (exact) mass is 267 g/mol. The second-order valence-electron chi connectivity index (χ2n) is 6.80. The van der Waals surface area contributed by atoms with Crippen molar-refractivity contribution >= 4 is 0 Å². The minimum atomic E-state index is 0.717. The molecule has 0 aromatic rings. The van der Waals surface area contributed by atoms with Crippen molar-refractivity contribution in [3.8, 4) is 0 Å². The van der Waals surface area contributed by atoms with Crippen molar-refractivity contribution in [3.63, 3.8) is 0 Å². The van der Waals surface area contributed by atoms with Crippen LogP contribution >= 0.6 is 0 Å². The van der Waals surface area contributed by atoms with E-state index in [0.29, 0.717) is 0 Å². The standard InChI is InChI=1S/C16H33N3/c1-4-7-17-12-16(14(2)3)19-10-8-18(9-11-19)13-15-5-6-15/h14-17H,4-13H2,1-3H3. The Morgan fingerprint density at radius 3 is 2.32 bits per heavy atom. The van der Waals surface area contributed by atoms with Gasteiger partial charge in [0.2, 0.25) is 0 Å². The summed E-state index contributed by atoms with van der Waals surface area (Å²) in [7, 11) is 0. The molecule has 1 N–H and O–H groups in total. The van der Waals surface area contributed by atoms with E-state index in [0.717, 1.165) is 31.0 Å². The molecule has 0 spiro atoms. The maximum atomic E-state index is 3.61. The van der Waals surface area contributed by atoms with E-state index < -0.39 is 0 Å². The number of rotatable bonds is 8. The average molecular weight is 267 g/mol. The Hall–Kier alpha value is -0.120. The van der Waals surface area contributed by atoms with Crippen LogP contribution in [0.15, 0.2) is 0 Å². The highest BCUT2D eigenvalue weighted by atomic mass is 15.3. The highest BCUT2D eigenvalue weighted by molar-refractivity contribution is 4.84. The van der Waals surface area contributed by atoms with Crippen molar-refractivity contribution in [1.29, 1.82) is 0 Å². The minimum Gasteiger partial charge on any atom is -0.315 e. The lowest BCUT2D eigenvalue weighted by molar-refractivity contribution is 0.0737. The van der Waals surface area contributed by atoms with Crippen molar-refractivity contribution in [1.82, 2.24) is 15.1 Å². The van der Waals surface area contributed by atoms with Crippen molar-refractivity contribution in [2.24, 2.45) is 11.8 Å². The van der Waals surface area contributed by atoms with Gasteiger partial charge in [-0.05, 0) is 37.6 Å². The predicted octanol–water partition coefficient (Wildman–Crippen LogP) is 2.04. The van der Waals surface area contributed by atoms with Crippen molar-refractivity contribution < 1.29 is 0 Å². The first-order valence-corrected chi connectivity index (χ1v) is 8.37. The SMILES string of the molecule is CCCNCC(C(C)C)N1CCN(CC2CC2)CC1. The molecule has 1 saturated carbocycles. The van der Waals surface area contributed by atoms with Gasteiger partial charge < -0.3 is 10.2 Å². The fraction of sp³-hybridized carbons (Fsp3) is 1.00. The van der Waals surface area contributed by atoms with E-state index >= 15 is 0 Å². The van der Waals surface area contributed by atoms with Crippen LogP contribution in [0.2, 0.25) is 0 Å². The molecule has 1 saturated heterocycles. The van der Waals surface area contributed by atoms with E-state index in [1.807, 2.05) is 0 Å². The number of piperazine rings is 1. The van der Waals surface area contributed by atoms with Gasteiger partial charge in [0.05, 0.1) is 0 Å². The minimum absolute atomic E-state index is 0.717. The summed E-state index contributed by atoms with van der Waals surface area (Å²) in [5.74, 6) is 1.79. The maximum Gasteiger partial charge on any atom is 0.0244 e. The van der Waals surface area contributed by atoms with E-state index in [-0.39, 0.29) is 0 Å². The normalized spacial score (nSPS) is 24.0. The van der Waals surface area contributed by atoms with Gasteiger partial charge >= 0.3 is 0 Å². The summed E-state index contributed by atoms with van der Waals surface area (Å²) in [5.41, 5.74) is 0. The van der Waals surface area contributed by atoms with Gasteiger partial charge in [0, 0.05) is 45.3 Å². The van der Waals surface area contributed by atoms with Crippen molar-refractivity contribution in [2.75, 3.05) is 45.8 Å². The zero-order valence-electron chi connectivity index (χ0n) is 13.2. The molecule has 2 rings (SSSR count). The third kappa shape index (κ3) is 5.05. The van der Waals surface area contributed by atoms with Gasteiger partial charge in [0.1, 0.15) is 0 Å². The highest BCUT2D eigenvalue weighted by Gasteiger charge is 2.29. The fourth-order valence-corrected chi connectivity index (χ4v) is 3.16. The van der Waals surface area contributed by atoms with Crippen LogP contribution in [0.5, 0.6) is 0 Å². The largest absolute Gasteiger partial charge is 0.315 e. The first-order chi connectivity index (χ1) is 9.20. The third-order valence-corrected chi connectivity index (χ3v) is 4.64. The van der Waals surface area contributed by atoms with E-state index in [2.05, 4.69) is 35.9 Å². The fourth-order valence-electron chi connectivity index (χ4n) is 3.16. The molecule has 3 heteroatoms. The van der Waals surface area contributed by atoms with Gasteiger partial charge in [-0.2, -0.15) is 0 Å². The summed E-state index contributed by atoms with van der Waals surface area (Å²) in [6.07, 6.45) is 4.20. The molecular formula is C16H33N3. The summed E-state index contributed by atoms with van der Waals surface area (Å²) in [6.45, 7) is 15.8. The lowest BCUT2D eigenvalue weighted by Gasteiger charge is -2.41. The Labute approximate surface area is 119 Å². The Morgan fingerprint density at radius 1 is 1.11 bits per heavy atom. The third-order valence-electron chi connectivity index (χ3n) is 4.64. The molecule has 0 aromatic heterocycles. The molecule has 1 atom stereocenters. The zero-order valence-corrected chi connectivity index (χ0v) is 13.2. The van der Waals surface area contributed by atoms with Gasteiger partial charge in [-0.25, -0.2) is 0 Å². The van der Waals surface area contributed by atoms with Crippen LogP contribution in [0, 0.1) is 11.8 Å². The molecule has 1 aliphatic carbocycles. The van der Waals surface area contributed by atoms with E-state index in [9.17, 15) is 0 Å². The molecular weight excluding hydrogens is 234 g/mol. The molecule has 112 valence electrons. The molecule has 0 amide bonds. The number of nitrogens with zero attached hydrogens (tertiary/aromatic N) is 2. The quantitative estimate of drug-likeness (QED) is 0.679. The Balaban J connectivity index is 1.72. The zero-order chi connectivity index (χ0) is 13.7. The molecule has 2 fully saturated rings. The molecule has 19 heavy (non-hydrogen) atoms. The molecule has 1 heterocycles. The Bertz CT molecular complexity index is 242. The molecule has 2 aliphatic rings. The summed E-state index contributed by atoms with van der Waals surface area (Å²) in [6, 6.07) is 0.717. The van der Waals surface area contributed by atoms with Crippen LogP contribution in [0.1, 0.15) is 40.0 Å². The number of hydrogen-bond donors (Lipinski definition) is 1. The van der Waals surface area contributed by atoms with Crippen LogP contribution in [0.3, 0.4) is 0 Å². The highest BCUT2D eigenvalue weighted by Crippen LogP contribution is 2.30. The second kappa shape index (κ2) is 7.61. The molecule has 1 aliphatic heterocycles. The first-order valence-electron chi connectivity index (χ1n) is 8.37.